The van der Waals surface area contributed by atoms with Gasteiger partial charge in [-0.1, -0.05) is 239 Å². The molecule has 4 unspecified atom stereocenters. The number of Topliss-reactive ketones (excluding diaryl/α,β-unsaturated/α-hetero) is 1. The number of aliphatic hydroxyl groups is 1. The first kappa shape index (κ1) is 111. The molecule has 28 heteroatoms. The molecule has 0 aliphatic heterocycles. The van der Waals surface area contributed by atoms with Crippen LogP contribution < -0.4 is 80.4 Å². The van der Waals surface area contributed by atoms with E-state index in [1.807, 2.05) is 0 Å². The fraction of sp³-hybridized carbons (Fsp3) is 0.864. The van der Waals surface area contributed by atoms with E-state index in [1.165, 1.54) is 64.2 Å². The van der Waals surface area contributed by atoms with Gasteiger partial charge in [0.25, 0.3) is 0 Å². The summed E-state index contributed by atoms with van der Waals surface area (Å²) >= 11 is 0. The number of nitrogens with one attached hydrogen (secondary N) is 4. The van der Waals surface area contributed by atoms with Crippen molar-refractivity contribution >= 4 is 57.0 Å². The summed E-state index contributed by atoms with van der Waals surface area (Å²) in [7, 11) is -9.64. The van der Waals surface area contributed by atoms with Gasteiger partial charge in [-0.15, -0.1) is 0 Å². The molecule has 0 spiro atoms. The number of aliphatic hydroxyl groups excluding tert-OH is 1. The van der Waals surface area contributed by atoms with Crippen LogP contribution in [-0.4, -0.2) is 153 Å². The summed E-state index contributed by atoms with van der Waals surface area (Å²) in [5, 5.41) is 20.9. The molecule has 0 bridgehead atoms. The number of ether oxygens (including phenoxy) is 4. The van der Waals surface area contributed by atoms with Crippen LogP contribution in [0, 0.1) is 0 Å². The topological polar surface area (TPSA) is 336 Å². The molecule has 109 heavy (non-hydrogen) atoms. The van der Waals surface area contributed by atoms with Gasteiger partial charge in [0.2, 0.25) is 23.6 Å². The molecule has 0 heterocycles. The number of carbonyl (C=O) groups is 7. The summed E-state index contributed by atoms with van der Waals surface area (Å²) in [5.41, 5.74) is 0. The largest absolute Gasteiger partial charge is 1.00 e. The maximum atomic E-state index is 13.7. The number of ketones is 1. The van der Waals surface area contributed by atoms with Crippen LogP contribution in [0.3, 0.4) is 0 Å². The van der Waals surface area contributed by atoms with Crippen LogP contribution in [0.4, 0.5) is 0 Å². The quantitative estimate of drug-likeness (QED) is 0.00743. The molecule has 0 fully saturated rings. The molecular weight excluding hydrogens is 1460 g/mol. The van der Waals surface area contributed by atoms with Gasteiger partial charge in [0.1, 0.15) is 24.4 Å². The third-order valence-electron chi connectivity index (χ3n) is 18.2. The summed E-state index contributed by atoms with van der Waals surface area (Å²) in [6, 6.07) is -1.96. The smallest absolute Gasteiger partial charge is 1.00 e. The van der Waals surface area contributed by atoms with E-state index in [2.05, 4.69) is 87.1 Å². The average Bonchev–Trinajstić information content (AvgIpc) is 0.908. The van der Waals surface area contributed by atoms with E-state index in [4.69, 9.17) is 37.0 Å². The summed E-state index contributed by atoms with van der Waals surface area (Å²) in [5.74, 6) is -3.57. The van der Waals surface area contributed by atoms with Crippen LogP contribution in [-0.2, 0) is 79.7 Å². The summed E-state index contributed by atoms with van der Waals surface area (Å²) in [6.45, 7) is 10.1. The minimum atomic E-state index is -4.82. The second kappa shape index (κ2) is 79.9. The Morgan fingerprint density at radius 3 is 1.17 bits per heavy atom. The molecule has 0 radical (unpaired) electrons. The number of esters is 2. The van der Waals surface area contributed by atoms with Crippen molar-refractivity contribution in [3.63, 3.8) is 0 Å². The first-order chi connectivity index (χ1) is 51.7. The Kier molecular flexibility index (Phi) is 81.5. The van der Waals surface area contributed by atoms with Crippen molar-refractivity contribution in [1.29, 1.82) is 0 Å². The SMILES string of the molecule is CCCCCC/C=C\CCCC(=O)O[C@H](CCCCCCC)CCOCC(COP(=O)(O)OCCNC(=O)CC(=O)NCCOP(=O)(O)OCC(COCC[C@H](O)CCCCCCC)NC(=O)C[C@@H](CCCCCCC)OC(=O)CCC/C=C\CCCCCC)NC(=O)CC(=O)CCCCCCCCCCC.[H-].[H-].[Na+].[Na+]. The molecule has 0 aliphatic rings. The number of carbonyl (C=O) groups excluding carboxylic acids is 7. The van der Waals surface area contributed by atoms with Gasteiger partial charge in [-0.3, -0.25) is 51.7 Å². The van der Waals surface area contributed by atoms with Crippen LogP contribution in [0.2, 0.25) is 0 Å². The van der Waals surface area contributed by atoms with E-state index in [0.29, 0.717) is 57.8 Å². The van der Waals surface area contributed by atoms with Crippen molar-refractivity contribution in [3.8, 4) is 0 Å². The maximum absolute atomic E-state index is 13.7. The second-order valence-corrected chi connectivity index (χ2v) is 31.6. The van der Waals surface area contributed by atoms with Crippen molar-refractivity contribution < 1.29 is 157 Å². The number of amides is 4. The van der Waals surface area contributed by atoms with Gasteiger partial charge < -0.3 is 58.0 Å². The molecule has 0 aromatic heterocycles. The van der Waals surface area contributed by atoms with Crippen LogP contribution in [0.1, 0.15) is 359 Å². The predicted molar refractivity (Wildman–Crippen MR) is 427 cm³/mol. The van der Waals surface area contributed by atoms with Gasteiger partial charge in [0, 0.05) is 45.4 Å². The van der Waals surface area contributed by atoms with Crippen LogP contribution in [0.25, 0.3) is 0 Å². The van der Waals surface area contributed by atoms with Crippen molar-refractivity contribution in [3.05, 3.63) is 24.3 Å². The number of phosphoric ester groups is 2. The first-order valence-electron chi connectivity index (χ1n) is 42.1. The average molecular weight is 1610 g/mol. The van der Waals surface area contributed by atoms with Crippen molar-refractivity contribution in [2.75, 3.05) is 65.9 Å². The fourth-order valence-corrected chi connectivity index (χ4v) is 13.4. The summed E-state index contributed by atoms with van der Waals surface area (Å²) < 4.78 is 70.7. The normalized spacial score (nSPS) is 14.0. The van der Waals surface area contributed by atoms with E-state index < -0.39 is 109 Å². The van der Waals surface area contributed by atoms with Gasteiger partial charge in [0.05, 0.1) is 77.3 Å². The number of unbranched alkanes of at least 4 members (excludes halogenated alkanes) is 30. The zero-order valence-electron chi connectivity index (χ0n) is 71.6. The first-order valence-corrected chi connectivity index (χ1v) is 45.1. The molecule has 0 aromatic carbocycles. The molecule has 630 valence electrons. The molecule has 0 saturated carbocycles. The zero-order chi connectivity index (χ0) is 79.0. The zero-order valence-corrected chi connectivity index (χ0v) is 75.4. The Bertz CT molecular complexity index is 2400. The van der Waals surface area contributed by atoms with E-state index >= 15 is 0 Å². The van der Waals surface area contributed by atoms with Gasteiger partial charge >= 0.3 is 86.7 Å². The molecule has 7 atom stereocenters. The second-order valence-electron chi connectivity index (χ2n) is 28.7. The van der Waals surface area contributed by atoms with Crippen molar-refractivity contribution in [2.24, 2.45) is 0 Å². The molecule has 24 nitrogen and oxygen atoms in total. The molecule has 0 saturated heterocycles. The molecule has 0 aromatic rings. The number of hydrogen-bond acceptors (Lipinski definition) is 18. The third kappa shape index (κ3) is 77.1. The van der Waals surface area contributed by atoms with E-state index in [0.717, 1.165) is 161 Å². The van der Waals surface area contributed by atoms with Crippen LogP contribution >= 0.6 is 15.6 Å². The van der Waals surface area contributed by atoms with Gasteiger partial charge in [-0.05, 0) is 96.3 Å². The minimum Gasteiger partial charge on any atom is -1.00 e. The molecular formula is C81H154N4Na2O20P2. The van der Waals surface area contributed by atoms with E-state index in [-0.39, 0.29) is 138 Å². The molecule has 0 rings (SSSR count). The number of rotatable bonds is 80. The monoisotopic (exact) mass is 1610 g/mol. The summed E-state index contributed by atoms with van der Waals surface area (Å²) in [6.07, 6.45) is 48.2. The van der Waals surface area contributed by atoms with Gasteiger partial charge in [-0.25, -0.2) is 9.13 Å². The van der Waals surface area contributed by atoms with Crippen molar-refractivity contribution in [1.82, 2.24) is 21.3 Å². The number of phosphoric acid groups is 2. The van der Waals surface area contributed by atoms with E-state index in [9.17, 15) is 57.6 Å². The van der Waals surface area contributed by atoms with Crippen LogP contribution in [0.5, 0.6) is 0 Å². The predicted octanol–water partition coefficient (Wildman–Crippen LogP) is 11.8. The summed E-state index contributed by atoms with van der Waals surface area (Å²) in [4.78, 5) is 113. The van der Waals surface area contributed by atoms with Gasteiger partial charge in [-0.2, -0.15) is 0 Å². The minimum absolute atomic E-state index is 0. The Labute approximate surface area is 706 Å². The third-order valence-corrected chi connectivity index (χ3v) is 20.2. The fourth-order valence-electron chi connectivity index (χ4n) is 11.8. The maximum Gasteiger partial charge on any atom is 1.00 e. The van der Waals surface area contributed by atoms with Crippen LogP contribution in [0.15, 0.2) is 24.3 Å². The number of hydrogen-bond donors (Lipinski definition) is 7. The molecule has 7 N–H and O–H groups in total. The molecule has 0 aliphatic carbocycles. The Morgan fingerprint density at radius 1 is 0.367 bits per heavy atom. The Balaban J connectivity index is -0.00000936. The van der Waals surface area contributed by atoms with Crippen molar-refractivity contribution in [2.45, 2.75) is 387 Å². The van der Waals surface area contributed by atoms with E-state index in [1.54, 1.807) is 0 Å². The van der Waals surface area contributed by atoms with Gasteiger partial charge in [0.15, 0.2) is 0 Å². The standard InChI is InChI=1S/C81H152N4O20P2.2Na.2H/c1-7-13-19-25-28-31-34-40-44-50-73(87)63-78(90)84-70(67-99-60-56-74(51-45-38-23-17-11-5)104-80(92)53-47-41-35-32-29-26-20-14-8-2)68-102-106(94,95)100-61-57-82-76(88)65-77(89)83-58-62-101-107(96,97)103-69-71(66-98-59-55-72(86)49-43-37-22-16-10-4)85-79(91)64-75(52-46-39-24-18-12-6)105-81(93)54-48-42-36-33-30-27-21-15-9-3;;;;/h32-33,35-36,70-72,74-75,86H,7-31,34,37-69H2,1-6H3,(H,82,88)(H,83,89)(H,84,90)(H,85,91)(H,94,95)(H,96,97);;;;/q;2*+1;2*-1/b35-32-,36-33-;;;;/t70?,71?,72-,74-,75-;;;;/m1..../s1. The Morgan fingerprint density at radius 2 is 0.725 bits per heavy atom. The Hall–Kier alpha value is -1.93. The molecule has 4 amide bonds. The number of allylic oxidation sites excluding steroid dienone is 4.